The third-order valence-electron chi connectivity index (χ3n) is 11.9. The minimum absolute atomic E-state index is 0.168. The number of furan rings is 2. The molecule has 58 heavy (non-hydrogen) atoms. The molecule has 1 aliphatic rings. The number of rotatable bonds is 5. The van der Waals surface area contributed by atoms with Crippen molar-refractivity contribution in [3.8, 4) is 16.8 Å². The van der Waals surface area contributed by atoms with E-state index in [-0.39, 0.29) is 12.3 Å². The van der Waals surface area contributed by atoms with E-state index < -0.39 is 0 Å². The van der Waals surface area contributed by atoms with Crippen molar-refractivity contribution in [1.29, 1.82) is 0 Å². The number of hydrogen-bond donors (Lipinski definition) is 1. The molecule has 2 unspecified atom stereocenters. The van der Waals surface area contributed by atoms with Crippen LogP contribution < -0.4 is 5.32 Å². The van der Waals surface area contributed by atoms with E-state index in [0.717, 1.165) is 83.2 Å². The lowest BCUT2D eigenvalue weighted by Gasteiger charge is -2.39. The monoisotopic (exact) mass is 748 g/mol. The van der Waals surface area contributed by atoms with E-state index in [4.69, 9.17) is 13.8 Å². The number of nitrogens with zero attached hydrogens (tertiary/aromatic N) is 3. The standard InChI is InChI=1S/C52H36N4O2/c1-55-51(33-16-6-3-7-17-33)53-50(32-14-4-2-5-15-32)54-52(55)41-22-13-25-46-48(41)40-28-26-34(30-47(40)57-46)36-20-12-21-39-42-31-35(27-29-45(42)58-49(36)39)56-43-23-10-8-18-37(43)38-19-9-11-24-44(38)56/h2-31,51-52H,1H3,(H,53,54). The Morgan fingerprint density at radius 3 is 2.02 bits per heavy atom. The molecule has 276 valence electrons. The summed E-state index contributed by atoms with van der Waals surface area (Å²) in [4.78, 5) is 7.54. The van der Waals surface area contributed by atoms with Crippen molar-refractivity contribution >= 4 is 71.5 Å². The van der Waals surface area contributed by atoms with E-state index >= 15 is 0 Å². The molecule has 6 nitrogen and oxygen atoms in total. The van der Waals surface area contributed by atoms with Crippen molar-refractivity contribution in [3.05, 3.63) is 199 Å². The first-order valence-corrected chi connectivity index (χ1v) is 19.7. The maximum Gasteiger partial charge on any atom is 0.143 e. The fraction of sp³-hybridized carbons (Fsp3) is 0.0577. The van der Waals surface area contributed by atoms with E-state index in [2.05, 4.69) is 198 Å². The molecule has 0 amide bonds. The van der Waals surface area contributed by atoms with Crippen molar-refractivity contribution in [1.82, 2.24) is 14.8 Å². The van der Waals surface area contributed by atoms with Crippen molar-refractivity contribution in [2.45, 2.75) is 12.3 Å². The van der Waals surface area contributed by atoms with Gasteiger partial charge < -0.3 is 18.7 Å². The number of nitrogens with one attached hydrogen (secondary N) is 1. The van der Waals surface area contributed by atoms with Gasteiger partial charge in [-0.15, -0.1) is 0 Å². The summed E-state index contributed by atoms with van der Waals surface area (Å²) in [6.45, 7) is 0. The van der Waals surface area contributed by atoms with Gasteiger partial charge in [-0.1, -0.05) is 133 Å². The Hall–Kier alpha value is -7.41. The number of aromatic nitrogens is 1. The molecule has 11 aromatic rings. The van der Waals surface area contributed by atoms with Crippen molar-refractivity contribution in [3.63, 3.8) is 0 Å². The summed E-state index contributed by atoms with van der Waals surface area (Å²) in [5, 5.41) is 10.6. The van der Waals surface area contributed by atoms with Crippen molar-refractivity contribution < 1.29 is 8.83 Å². The van der Waals surface area contributed by atoms with E-state index in [0.29, 0.717) is 0 Å². The van der Waals surface area contributed by atoms with Gasteiger partial charge in [-0.2, -0.15) is 0 Å². The van der Waals surface area contributed by atoms with Gasteiger partial charge in [0.1, 0.15) is 40.5 Å². The molecule has 0 saturated carbocycles. The zero-order valence-corrected chi connectivity index (χ0v) is 31.6. The number of hydrogen-bond acceptors (Lipinski definition) is 5. The molecule has 6 heteroatoms. The van der Waals surface area contributed by atoms with E-state index in [1.165, 1.54) is 21.8 Å². The molecule has 0 aliphatic carbocycles. The Kier molecular flexibility index (Phi) is 7.25. The molecule has 12 rings (SSSR count). The number of benzene rings is 8. The van der Waals surface area contributed by atoms with E-state index in [1.807, 2.05) is 6.07 Å². The molecular weight excluding hydrogens is 713 g/mol. The summed E-state index contributed by atoms with van der Waals surface area (Å²) < 4.78 is 15.7. The molecule has 0 spiro atoms. The largest absolute Gasteiger partial charge is 0.456 e. The number of fused-ring (bicyclic) bond motifs is 9. The zero-order valence-electron chi connectivity index (χ0n) is 31.6. The first-order valence-electron chi connectivity index (χ1n) is 19.7. The first-order chi connectivity index (χ1) is 28.7. The third-order valence-corrected chi connectivity index (χ3v) is 11.9. The normalized spacial score (nSPS) is 16.2. The molecule has 8 aromatic carbocycles. The van der Waals surface area contributed by atoms with Gasteiger partial charge in [0.25, 0.3) is 0 Å². The molecule has 0 saturated heterocycles. The summed E-state index contributed by atoms with van der Waals surface area (Å²) in [5.74, 6) is 0.866. The Labute approximate surface area is 333 Å². The Morgan fingerprint density at radius 1 is 0.517 bits per heavy atom. The second kappa shape index (κ2) is 12.8. The van der Waals surface area contributed by atoms with Crippen LogP contribution in [0.4, 0.5) is 0 Å². The molecule has 0 radical (unpaired) electrons. The average molecular weight is 749 g/mol. The Morgan fingerprint density at radius 2 is 1.22 bits per heavy atom. The van der Waals surface area contributed by atoms with E-state index in [9.17, 15) is 0 Å². The Balaban J connectivity index is 0.965. The smallest absolute Gasteiger partial charge is 0.143 e. The van der Waals surface area contributed by atoms with Gasteiger partial charge in [0.05, 0.1) is 11.0 Å². The summed E-state index contributed by atoms with van der Waals surface area (Å²) in [6.07, 6.45) is -0.344. The first kappa shape index (κ1) is 32.8. The van der Waals surface area contributed by atoms with E-state index in [1.54, 1.807) is 0 Å². The zero-order chi connectivity index (χ0) is 38.3. The van der Waals surface area contributed by atoms with Crippen LogP contribution in [0.3, 0.4) is 0 Å². The fourth-order valence-electron chi connectivity index (χ4n) is 9.21. The summed E-state index contributed by atoms with van der Waals surface area (Å²) >= 11 is 0. The number of aliphatic imine (C=N–C) groups is 1. The lowest BCUT2D eigenvalue weighted by molar-refractivity contribution is 0.153. The van der Waals surface area contributed by atoms with Crippen LogP contribution >= 0.6 is 0 Å². The van der Waals surface area contributed by atoms with Gasteiger partial charge in [0, 0.05) is 54.7 Å². The van der Waals surface area contributed by atoms with Crippen LogP contribution in [0.5, 0.6) is 0 Å². The highest BCUT2D eigenvalue weighted by Crippen LogP contribution is 2.43. The molecule has 3 aromatic heterocycles. The van der Waals surface area contributed by atoms with Gasteiger partial charge in [-0.25, -0.2) is 4.99 Å². The highest BCUT2D eigenvalue weighted by Gasteiger charge is 2.33. The highest BCUT2D eigenvalue weighted by molar-refractivity contribution is 6.13. The van der Waals surface area contributed by atoms with Crippen LogP contribution in [0, 0.1) is 0 Å². The minimum atomic E-state index is -0.176. The number of para-hydroxylation sites is 3. The Bertz CT molecular complexity index is 3360. The van der Waals surface area contributed by atoms with Gasteiger partial charge in [-0.3, -0.25) is 4.90 Å². The minimum Gasteiger partial charge on any atom is -0.456 e. The lowest BCUT2D eigenvalue weighted by atomic mass is 9.98. The molecule has 1 N–H and O–H groups in total. The van der Waals surface area contributed by atoms with Crippen LogP contribution in [0.1, 0.15) is 29.0 Å². The quantitative estimate of drug-likeness (QED) is 0.190. The maximum absolute atomic E-state index is 6.69. The molecule has 1 aliphatic heterocycles. The summed E-state index contributed by atoms with van der Waals surface area (Å²) in [5.41, 5.74) is 12.3. The third kappa shape index (κ3) is 4.98. The second-order valence-electron chi connectivity index (χ2n) is 15.2. The number of amidine groups is 1. The molecule has 0 fully saturated rings. The fourth-order valence-corrected chi connectivity index (χ4v) is 9.21. The molecule has 4 heterocycles. The highest BCUT2D eigenvalue weighted by atomic mass is 16.3. The predicted octanol–water partition coefficient (Wildman–Crippen LogP) is 12.9. The summed E-state index contributed by atoms with van der Waals surface area (Å²) in [6, 6.07) is 64.0. The maximum atomic E-state index is 6.69. The van der Waals surface area contributed by atoms with Gasteiger partial charge in [-0.05, 0) is 66.7 Å². The lowest BCUT2D eigenvalue weighted by Crippen LogP contribution is -2.46. The second-order valence-corrected chi connectivity index (χ2v) is 15.2. The van der Waals surface area contributed by atoms with Gasteiger partial charge in [0.15, 0.2) is 0 Å². The SMILES string of the molecule is CN1C(c2ccccc2)N=C(c2ccccc2)NC1c1cccc2oc3cc(-c4cccc5c4oc4ccc(-n6c7ccccc7c7ccccc76)cc45)ccc3c12. The van der Waals surface area contributed by atoms with Gasteiger partial charge in [0.2, 0.25) is 0 Å². The topological polar surface area (TPSA) is 58.8 Å². The van der Waals surface area contributed by atoms with Crippen LogP contribution in [-0.2, 0) is 0 Å². The van der Waals surface area contributed by atoms with Gasteiger partial charge >= 0.3 is 0 Å². The molecule has 2 atom stereocenters. The van der Waals surface area contributed by atoms with Crippen LogP contribution in [0.15, 0.2) is 196 Å². The average Bonchev–Trinajstić information content (AvgIpc) is 3.96. The molecule has 0 bridgehead atoms. The predicted molar refractivity (Wildman–Crippen MR) is 237 cm³/mol. The van der Waals surface area contributed by atoms with Crippen molar-refractivity contribution in [2.24, 2.45) is 4.99 Å². The summed E-state index contributed by atoms with van der Waals surface area (Å²) in [7, 11) is 2.14. The van der Waals surface area contributed by atoms with Crippen LogP contribution in [-0.4, -0.2) is 22.4 Å². The van der Waals surface area contributed by atoms with Crippen LogP contribution in [0.2, 0.25) is 0 Å². The van der Waals surface area contributed by atoms with Crippen molar-refractivity contribution in [2.75, 3.05) is 7.05 Å². The molecular formula is C52H36N4O2. The van der Waals surface area contributed by atoms with Crippen LogP contribution in [0.25, 0.3) is 82.5 Å².